The van der Waals surface area contributed by atoms with Gasteiger partial charge in [-0.15, -0.1) is 0 Å². The third-order valence-corrected chi connectivity index (χ3v) is 8.75. The molecular weight excluding hydrogens is 615 g/mol. The molecule has 5 heteroatoms. The van der Waals surface area contributed by atoms with Crippen LogP contribution < -0.4 is 11.5 Å². The van der Waals surface area contributed by atoms with Gasteiger partial charge in [0.2, 0.25) is 0 Å². The van der Waals surface area contributed by atoms with E-state index in [0.717, 1.165) is 44.2 Å². The minimum atomic E-state index is 0.0668. The first-order chi connectivity index (χ1) is 24.5. The number of furan rings is 2. The van der Waals surface area contributed by atoms with Gasteiger partial charge in [0.15, 0.2) is 0 Å². The Morgan fingerprint density at radius 1 is 0.500 bits per heavy atom. The fourth-order valence-electron chi connectivity index (χ4n) is 6.36. The molecule has 5 N–H and O–H groups in total. The maximum absolute atomic E-state index is 7.57. The second kappa shape index (κ2) is 14.4. The smallest absolute Gasteiger partial charge is 0.136 e. The number of para-hydroxylation sites is 2. The van der Waals surface area contributed by atoms with Crippen LogP contribution in [0, 0.1) is 12.3 Å². The molecule has 0 atom stereocenters. The Bertz CT molecular complexity index is 2510. The number of nitrogens with two attached hydrogens (primary N) is 2. The first kappa shape index (κ1) is 32.1. The molecule has 50 heavy (non-hydrogen) atoms. The van der Waals surface area contributed by atoms with Crippen LogP contribution in [0.2, 0.25) is 0 Å². The molecule has 0 amide bonds. The SMILES string of the molecule is Cc1cccc2oc3ccccc3c12.N=C(N)c1cccc2oc3ccccc3c12.NCc1cc(-c2ccccc2)cc(-c2ccccc2)c1. The number of aryl methyl sites for hydroxylation is 1. The van der Waals surface area contributed by atoms with Crippen molar-refractivity contribution in [1.29, 1.82) is 5.41 Å². The van der Waals surface area contributed by atoms with Crippen LogP contribution in [0.5, 0.6) is 0 Å². The zero-order valence-corrected chi connectivity index (χ0v) is 27.8. The molecule has 0 spiro atoms. The summed E-state index contributed by atoms with van der Waals surface area (Å²) < 4.78 is 11.4. The summed E-state index contributed by atoms with van der Waals surface area (Å²) in [6.45, 7) is 2.67. The van der Waals surface area contributed by atoms with E-state index in [0.29, 0.717) is 6.54 Å². The molecule has 0 fully saturated rings. The summed E-state index contributed by atoms with van der Waals surface area (Å²) in [6.07, 6.45) is 0. The second-order valence-electron chi connectivity index (χ2n) is 12.1. The highest BCUT2D eigenvalue weighted by molar-refractivity contribution is 6.16. The van der Waals surface area contributed by atoms with Gasteiger partial charge >= 0.3 is 0 Å². The van der Waals surface area contributed by atoms with Crippen molar-refractivity contribution >= 4 is 49.7 Å². The predicted molar refractivity (Wildman–Crippen MR) is 208 cm³/mol. The van der Waals surface area contributed by atoms with Crippen molar-refractivity contribution in [2.75, 3.05) is 0 Å². The average molecular weight is 652 g/mol. The van der Waals surface area contributed by atoms with E-state index in [2.05, 4.69) is 85.8 Å². The molecule has 0 bridgehead atoms. The van der Waals surface area contributed by atoms with Crippen molar-refractivity contribution in [2.45, 2.75) is 13.5 Å². The van der Waals surface area contributed by atoms with Gasteiger partial charge in [0.25, 0.3) is 0 Å². The van der Waals surface area contributed by atoms with Crippen LogP contribution in [0.1, 0.15) is 16.7 Å². The largest absolute Gasteiger partial charge is 0.456 e. The number of nitrogens with one attached hydrogen (secondary N) is 1. The highest BCUT2D eigenvalue weighted by atomic mass is 16.3. The molecule has 5 nitrogen and oxygen atoms in total. The maximum atomic E-state index is 7.57. The zero-order chi connectivity index (χ0) is 34.5. The van der Waals surface area contributed by atoms with E-state index < -0.39 is 0 Å². The van der Waals surface area contributed by atoms with Crippen LogP contribution >= 0.6 is 0 Å². The first-order valence-electron chi connectivity index (χ1n) is 16.6. The van der Waals surface area contributed by atoms with Crippen LogP contribution in [-0.4, -0.2) is 5.84 Å². The Morgan fingerprint density at radius 2 is 0.960 bits per heavy atom. The quantitative estimate of drug-likeness (QED) is 0.130. The van der Waals surface area contributed by atoms with Gasteiger partial charge in [-0.2, -0.15) is 0 Å². The van der Waals surface area contributed by atoms with E-state index in [4.69, 9.17) is 25.7 Å². The fraction of sp³-hybridized carbons (Fsp3) is 0.0444. The molecule has 244 valence electrons. The van der Waals surface area contributed by atoms with Crippen LogP contribution in [0.4, 0.5) is 0 Å². The fourth-order valence-corrected chi connectivity index (χ4v) is 6.36. The van der Waals surface area contributed by atoms with Crippen LogP contribution in [0.25, 0.3) is 66.1 Å². The molecule has 0 radical (unpaired) electrons. The van der Waals surface area contributed by atoms with Gasteiger partial charge in [-0.25, -0.2) is 0 Å². The topological polar surface area (TPSA) is 102 Å². The average Bonchev–Trinajstić information content (AvgIpc) is 3.75. The van der Waals surface area contributed by atoms with Crippen LogP contribution in [-0.2, 0) is 6.54 Å². The maximum Gasteiger partial charge on any atom is 0.136 e. The number of amidine groups is 1. The Kier molecular flexibility index (Phi) is 9.23. The molecule has 0 aliphatic carbocycles. The molecule has 0 saturated carbocycles. The van der Waals surface area contributed by atoms with Crippen molar-refractivity contribution in [3.8, 4) is 22.3 Å². The molecule has 0 saturated heterocycles. The molecular formula is C45H37N3O2. The van der Waals surface area contributed by atoms with Gasteiger partial charge in [-0.3, -0.25) is 5.41 Å². The number of benzene rings is 7. The lowest BCUT2D eigenvalue weighted by atomic mass is 9.96. The van der Waals surface area contributed by atoms with E-state index in [1.54, 1.807) is 0 Å². The molecule has 2 aromatic heterocycles. The summed E-state index contributed by atoms with van der Waals surface area (Å²) in [6, 6.07) is 55.1. The highest BCUT2D eigenvalue weighted by Crippen LogP contribution is 2.32. The molecule has 2 heterocycles. The molecule has 9 aromatic rings. The Balaban J connectivity index is 0.000000120. The molecule has 0 aliphatic heterocycles. The molecule has 9 rings (SSSR count). The second-order valence-corrected chi connectivity index (χ2v) is 12.1. The first-order valence-corrected chi connectivity index (χ1v) is 16.6. The van der Waals surface area contributed by atoms with Crippen molar-refractivity contribution in [2.24, 2.45) is 11.5 Å². The number of fused-ring (bicyclic) bond motifs is 6. The number of rotatable bonds is 4. The summed E-state index contributed by atoms with van der Waals surface area (Å²) in [5, 5.41) is 11.9. The highest BCUT2D eigenvalue weighted by Gasteiger charge is 2.11. The van der Waals surface area contributed by atoms with Crippen molar-refractivity contribution in [3.63, 3.8) is 0 Å². The summed E-state index contributed by atoms with van der Waals surface area (Å²) in [4.78, 5) is 0. The molecule has 7 aromatic carbocycles. The summed E-state index contributed by atoms with van der Waals surface area (Å²) in [5.41, 5.74) is 23.0. The summed E-state index contributed by atoms with van der Waals surface area (Å²) in [5.74, 6) is 0.0668. The monoisotopic (exact) mass is 651 g/mol. The summed E-state index contributed by atoms with van der Waals surface area (Å²) in [7, 11) is 0. The number of nitrogen functional groups attached to an aromatic ring is 1. The number of hydrogen-bond donors (Lipinski definition) is 3. The lowest BCUT2D eigenvalue weighted by Gasteiger charge is -2.09. The third-order valence-electron chi connectivity index (χ3n) is 8.75. The van der Waals surface area contributed by atoms with Gasteiger partial charge in [-0.1, -0.05) is 121 Å². The minimum absolute atomic E-state index is 0.0668. The molecule has 0 aliphatic rings. The standard InChI is InChI=1S/C19H17N.C13H10N2O.C13H10O/c20-14-15-11-18(16-7-3-1-4-8-16)13-19(12-15)17-9-5-2-6-10-17;14-13(15)9-5-3-7-11-12(9)8-4-1-2-6-10(8)16-11;1-9-5-4-8-12-13(9)10-6-2-3-7-11(10)14-12/h1-13H,14,20H2;1-7H,(H3,14,15);2-8H,1H3. The lowest BCUT2D eigenvalue weighted by molar-refractivity contribution is 0.668. The van der Waals surface area contributed by atoms with Gasteiger partial charge in [0.1, 0.15) is 28.2 Å². The lowest BCUT2D eigenvalue weighted by Crippen LogP contribution is -2.10. The van der Waals surface area contributed by atoms with Gasteiger partial charge < -0.3 is 20.3 Å². The van der Waals surface area contributed by atoms with E-state index in [1.165, 1.54) is 38.6 Å². The van der Waals surface area contributed by atoms with E-state index in [-0.39, 0.29) is 5.84 Å². The van der Waals surface area contributed by atoms with Crippen LogP contribution in [0.15, 0.2) is 173 Å². The Hall–Kier alpha value is -6.43. The van der Waals surface area contributed by atoms with Gasteiger partial charge in [0.05, 0.1) is 0 Å². The van der Waals surface area contributed by atoms with Crippen molar-refractivity contribution in [1.82, 2.24) is 0 Å². The Morgan fingerprint density at radius 3 is 1.50 bits per heavy atom. The van der Waals surface area contributed by atoms with E-state index in [9.17, 15) is 0 Å². The van der Waals surface area contributed by atoms with Crippen molar-refractivity contribution in [3.05, 3.63) is 180 Å². The third kappa shape index (κ3) is 6.63. The van der Waals surface area contributed by atoms with E-state index >= 15 is 0 Å². The van der Waals surface area contributed by atoms with E-state index in [1.807, 2.05) is 84.9 Å². The predicted octanol–water partition coefficient (Wildman–Crippen LogP) is 11.2. The Labute approximate surface area is 290 Å². The number of hydrogen-bond acceptors (Lipinski definition) is 4. The van der Waals surface area contributed by atoms with Gasteiger partial charge in [-0.05, 0) is 82.8 Å². The minimum Gasteiger partial charge on any atom is -0.456 e. The normalized spacial score (nSPS) is 10.8. The van der Waals surface area contributed by atoms with Gasteiger partial charge in [0, 0.05) is 33.7 Å². The summed E-state index contributed by atoms with van der Waals surface area (Å²) >= 11 is 0. The zero-order valence-electron chi connectivity index (χ0n) is 27.8. The van der Waals surface area contributed by atoms with Crippen molar-refractivity contribution < 1.29 is 8.83 Å². The van der Waals surface area contributed by atoms with Crippen LogP contribution in [0.3, 0.4) is 0 Å². The molecule has 0 unspecified atom stereocenters.